The first-order chi connectivity index (χ1) is 6.50. The first kappa shape index (κ1) is 10.8. The van der Waals surface area contributed by atoms with Gasteiger partial charge in [-0.3, -0.25) is 0 Å². The first-order valence-corrected chi connectivity index (χ1v) is 4.35. The van der Waals surface area contributed by atoms with E-state index >= 15 is 0 Å². The third-order valence-electron chi connectivity index (χ3n) is 1.44. The predicted octanol–water partition coefficient (Wildman–Crippen LogP) is 2.98. The van der Waals surface area contributed by atoms with Crippen LogP contribution in [-0.4, -0.2) is 11.1 Å². The third kappa shape index (κ3) is 2.63. The molecule has 0 aliphatic carbocycles. The molecule has 1 N–H and O–H groups in total. The SMILES string of the molecule is O=C(O)C(F)=Cc1cc(Br)ccc1F. The van der Waals surface area contributed by atoms with Crippen LogP contribution < -0.4 is 0 Å². The van der Waals surface area contributed by atoms with Crippen LogP contribution in [0.1, 0.15) is 5.56 Å². The summed E-state index contributed by atoms with van der Waals surface area (Å²) in [6, 6.07) is 3.84. The largest absolute Gasteiger partial charge is 0.476 e. The van der Waals surface area contributed by atoms with Crippen molar-refractivity contribution in [3.63, 3.8) is 0 Å². The molecule has 1 aromatic carbocycles. The summed E-state index contributed by atoms with van der Waals surface area (Å²) < 4.78 is 26.1. The molecule has 0 unspecified atom stereocenters. The Morgan fingerprint density at radius 2 is 2.14 bits per heavy atom. The molecule has 0 atom stereocenters. The number of carboxylic acids is 1. The third-order valence-corrected chi connectivity index (χ3v) is 1.94. The smallest absolute Gasteiger partial charge is 0.364 e. The number of rotatable bonds is 2. The Bertz CT molecular complexity index is 402. The minimum Gasteiger partial charge on any atom is -0.476 e. The van der Waals surface area contributed by atoms with Gasteiger partial charge < -0.3 is 5.11 Å². The maximum absolute atomic E-state index is 13.0. The molecule has 0 saturated heterocycles. The Kier molecular flexibility index (Phi) is 3.35. The van der Waals surface area contributed by atoms with E-state index in [2.05, 4.69) is 15.9 Å². The van der Waals surface area contributed by atoms with Crippen molar-refractivity contribution in [3.8, 4) is 0 Å². The maximum Gasteiger partial charge on any atom is 0.364 e. The van der Waals surface area contributed by atoms with Crippen molar-refractivity contribution in [2.45, 2.75) is 0 Å². The van der Waals surface area contributed by atoms with Gasteiger partial charge in [0.2, 0.25) is 5.83 Å². The van der Waals surface area contributed by atoms with Crippen molar-refractivity contribution >= 4 is 28.0 Å². The molecule has 1 rings (SSSR count). The summed E-state index contributed by atoms with van der Waals surface area (Å²) in [5, 5.41) is 8.23. The highest BCUT2D eigenvalue weighted by atomic mass is 79.9. The zero-order valence-corrected chi connectivity index (χ0v) is 8.38. The summed E-state index contributed by atoms with van der Waals surface area (Å²) in [6.07, 6.45) is 0.627. The average molecular weight is 263 g/mol. The van der Waals surface area contributed by atoms with Gasteiger partial charge in [0.15, 0.2) is 0 Å². The van der Waals surface area contributed by atoms with Gasteiger partial charge in [0.05, 0.1) is 0 Å². The Morgan fingerprint density at radius 3 is 2.71 bits per heavy atom. The van der Waals surface area contributed by atoms with Crippen LogP contribution in [0, 0.1) is 5.82 Å². The molecule has 2 nitrogen and oxygen atoms in total. The van der Waals surface area contributed by atoms with E-state index in [0.717, 1.165) is 6.07 Å². The zero-order chi connectivity index (χ0) is 10.7. The second-order valence-corrected chi connectivity index (χ2v) is 3.38. The van der Waals surface area contributed by atoms with Crippen LogP contribution in [0.15, 0.2) is 28.5 Å². The van der Waals surface area contributed by atoms with Crippen molar-refractivity contribution in [1.82, 2.24) is 0 Å². The number of carboxylic acid groups (broad SMARTS) is 1. The molecule has 74 valence electrons. The second-order valence-electron chi connectivity index (χ2n) is 2.46. The van der Waals surface area contributed by atoms with Crippen LogP contribution in [0.4, 0.5) is 8.78 Å². The minimum atomic E-state index is -1.72. The van der Waals surface area contributed by atoms with Crippen LogP contribution in [0.25, 0.3) is 6.08 Å². The van der Waals surface area contributed by atoms with Crippen LogP contribution in [0.3, 0.4) is 0 Å². The second kappa shape index (κ2) is 4.32. The van der Waals surface area contributed by atoms with Crippen LogP contribution in [-0.2, 0) is 4.79 Å². The van der Waals surface area contributed by atoms with Gasteiger partial charge in [0.1, 0.15) is 5.82 Å². The maximum atomic E-state index is 13.0. The quantitative estimate of drug-likeness (QED) is 0.833. The van der Waals surface area contributed by atoms with Gasteiger partial charge in [-0.15, -0.1) is 0 Å². The lowest BCUT2D eigenvalue weighted by atomic mass is 10.2. The fourth-order valence-corrected chi connectivity index (χ4v) is 1.20. The van der Waals surface area contributed by atoms with E-state index in [9.17, 15) is 13.6 Å². The molecule has 5 heteroatoms. The Labute approximate surface area is 87.0 Å². The van der Waals surface area contributed by atoms with Crippen LogP contribution >= 0.6 is 15.9 Å². The summed E-state index contributed by atoms with van der Waals surface area (Å²) in [6.45, 7) is 0. The molecular weight excluding hydrogens is 258 g/mol. The normalized spacial score (nSPS) is 11.5. The van der Waals surface area contributed by atoms with Gasteiger partial charge in [-0.2, -0.15) is 4.39 Å². The summed E-state index contributed by atoms with van der Waals surface area (Å²) in [5.74, 6) is -3.80. The molecule has 14 heavy (non-hydrogen) atoms. The van der Waals surface area contributed by atoms with E-state index in [1.54, 1.807) is 0 Å². The molecular formula is C9H5BrF2O2. The summed E-state index contributed by atoms with van der Waals surface area (Å²) in [5.41, 5.74) is -0.112. The van der Waals surface area contributed by atoms with Crippen molar-refractivity contribution in [1.29, 1.82) is 0 Å². The van der Waals surface area contributed by atoms with Gasteiger partial charge in [-0.05, 0) is 24.3 Å². The van der Waals surface area contributed by atoms with E-state index in [1.807, 2.05) is 0 Å². The molecule has 0 spiro atoms. The number of hydrogen-bond acceptors (Lipinski definition) is 1. The Hall–Kier alpha value is -1.23. The molecule has 0 bridgehead atoms. The lowest BCUT2D eigenvalue weighted by Crippen LogP contribution is -1.95. The first-order valence-electron chi connectivity index (χ1n) is 3.56. The van der Waals surface area contributed by atoms with Crippen molar-refractivity contribution < 1.29 is 18.7 Å². The van der Waals surface area contributed by atoms with Crippen molar-refractivity contribution in [2.75, 3.05) is 0 Å². The lowest BCUT2D eigenvalue weighted by Gasteiger charge is -1.97. The van der Waals surface area contributed by atoms with Gasteiger partial charge in [-0.25, -0.2) is 9.18 Å². The van der Waals surface area contributed by atoms with E-state index in [-0.39, 0.29) is 5.56 Å². The Balaban J connectivity index is 3.13. The topological polar surface area (TPSA) is 37.3 Å². The summed E-state index contributed by atoms with van der Waals surface area (Å²) in [4.78, 5) is 10.1. The molecule has 0 aliphatic heterocycles. The molecule has 0 aliphatic rings. The minimum absolute atomic E-state index is 0.112. The molecule has 0 radical (unpaired) electrons. The number of benzene rings is 1. The van der Waals surface area contributed by atoms with E-state index < -0.39 is 17.6 Å². The fraction of sp³-hybridized carbons (Fsp3) is 0. The standard InChI is InChI=1S/C9H5BrF2O2/c10-6-1-2-7(11)5(3-6)4-8(12)9(13)14/h1-4H,(H,13,14). The van der Waals surface area contributed by atoms with E-state index in [4.69, 9.17) is 5.11 Å². The summed E-state index contributed by atoms with van der Waals surface area (Å²) >= 11 is 3.06. The van der Waals surface area contributed by atoms with Gasteiger partial charge in [0.25, 0.3) is 0 Å². The van der Waals surface area contributed by atoms with Crippen LogP contribution in [0.5, 0.6) is 0 Å². The highest BCUT2D eigenvalue weighted by molar-refractivity contribution is 9.10. The van der Waals surface area contributed by atoms with Gasteiger partial charge in [0, 0.05) is 10.0 Å². The molecule has 0 saturated carbocycles. The number of halogens is 3. The predicted molar refractivity (Wildman–Crippen MR) is 50.8 cm³/mol. The number of carbonyl (C=O) groups is 1. The molecule has 1 aromatic rings. The average Bonchev–Trinajstić information content (AvgIpc) is 2.11. The highest BCUT2D eigenvalue weighted by Gasteiger charge is 2.07. The lowest BCUT2D eigenvalue weighted by molar-refractivity contribution is -0.134. The molecule has 0 aromatic heterocycles. The Morgan fingerprint density at radius 1 is 1.50 bits per heavy atom. The number of aliphatic carboxylic acids is 1. The molecule has 0 heterocycles. The van der Waals surface area contributed by atoms with Gasteiger partial charge in [-0.1, -0.05) is 15.9 Å². The molecule has 0 amide bonds. The molecule has 0 fully saturated rings. The van der Waals surface area contributed by atoms with Gasteiger partial charge >= 0.3 is 5.97 Å². The van der Waals surface area contributed by atoms with Crippen molar-refractivity contribution in [3.05, 3.63) is 39.9 Å². The van der Waals surface area contributed by atoms with E-state index in [1.165, 1.54) is 12.1 Å². The highest BCUT2D eigenvalue weighted by Crippen LogP contribution is 2.18. The zero-order valence-electron chi connectivity index (χ0n) is 6.80. The van der Waals surface area contributed by atoms with Crippen LogP contribution in [0.2, 0.25) is 0 Å². The van der Waals surface area contributed by atoms with Crippen molar-refractivity contribution in [2.24, 2.45) is 0 Å². The fourth-order valence-electron chi connectivity index (χ4n) is 0.823. The monoisotopic (exact) mass is 262 g/mol. The summed E-state index contributed by atoms with van der Waals surface area (Å²) in [7, 11) is 0. The van der Waals surface area contributed by atoms with E-state index in [0.29, 0.717) is 10.5 Å². The number of hydrogen-bond donors (Lipinski definition) is 1.